The third-order valence-electron chi connectivity index (χ3n) is 5.98. The summed E-state index contributed by atoms with van der Waals surface area (Å²) in [6, 6.07) is 16.5. The molecule has 1 atom stereocenters. The van der Waals surface area contributed by atoms with Crippen molar-refractivity contribution in [1.82, 2.24) is 15.5 Å². The van der Waals surface area contributed by atoms with Crippen LogP contribution in [0.5, 0.6) is 5.75 Å². The number of nitrogens with one attached hydrogen (secondary N) is 1. The van der Waals surface area contributed by atoms with E-state index >= 15 is 0 Å². The number of urea groups is 1. The van der Waals surface area contributed by atoms with Crippen molar-refractivity contribution in [3.05, 3.63) is 101 Å². The number of halogens is 2. The molecule has 2 amide bonds. The van der Waals surface area contributed by atoms with Crippen molar-refractivity contribution in [3.8, 4) is 17.1 Å². The van der Waals surface area contributed by atoms with Gasteiger partial charge in [0, 0.05) is 17.3 Å². The van der Waals surface area contributed by atoms with E-state index in [0.717, 1.165) is 29.3 Å². The Labute approximate surface area is 206 Å². The van der Waals surface area contributed by atoms with E-state index in [1.165, 1.54) is 4.90 Å². The second kappa shape index (κ2) is 9.26. The van der Waals surface area contributed by atoms with Gasteiger partial charge in [-0.2, -0.15) is 4.98 Å². The average Bonchev–Trinajstić information content (AvgIpc) is 3.33. The van der Waals surface area contributed by atoms with Gasteiger partial charge in [0.25, 0.3) is 5.89 Å². The summed E-state index contributed by atoms with van der Waals surface area (Å²) in [4.78, 5) is 19.0. The molecule has 0 aliphatic carbocycles. The first-order valence-corrected chi connectivity index (χ1v) is 11.2. The molecule has 182 valence electrons. The van der Waals surface area contributed by atoms with Gasteiger partial charge in [-0.1, -0.05) is 47.1 Å². The Bertz CT molecular complexity index is 1460. The highest BCUT2D eigenvalue weighted by atomic mass is 19.1. The van der Waals surface area contributed by atoms with Gasteiger partial charge in [0.15, 0.2) is 0 Å². The molecule has 3 aromatic carbocycles. The number of carbonyl (C=O) groups excluding carboxylic acids is 1. The van der Waals surface area contributed by atoms with Crippen molar-refractivity contribution in [2.75, 3.05) is 12.0 Å². The molecule has 7 nitrogen and oxygen atoms in total. The first-order chi connectivity index (χ1) is 17.3. The Kier molecular flexibility index (Phi) is 5.97. The fraction of sp³-hybridized carbons (Fsp3) is 0.148. The lowest BCUT2D eigenvalue weighted by atomic mass is 9.94. The van der Waals surface area contributed by atoms with Crippen LogP contribution in [0, 0.1) is 18.6 Å². The van der Waals surface area contributed by atoms with E-state index in [-0.39, 0.29) is 11.6 Å². The van der Waals surface area contributed by atoms with Crippen molar-refractivity contribution < 1.29 is 22.8 Å². The lowest BCUT2D eigenvalue weighted by molar-refractivity contribution is 0.244. The smallest absolute Gasteiger partial charge is 0.327 e. The minimum absolute atomic E-state index is 0.0300. The highest BCUT2D eigenvalue weighted by Crippen LogP contribution is 2.40. The Morgan fingerprint density at radius 2 is 1.72 bits per heavy atom. The number of amides is 2. The van der Waals surface area contributed by atoms with Gasteiger partial charge in [-0.25, -0.2) is 13.6 Å². The molecule has 1 N–H and O–H groups in total. The monoisotopic (exact) mass is 488 g/mol. The molecule has 0 bridgehead atoms. The highest BCUT2D eigenvalue weighted by molar-refractivity contribution is 6.01. The number of carbonyl (C=O) groups is 1. The molecule has 0 radical (unpaired) electrons. The van der Waals surface area contributed by atoms with Crippen LogP contribution in [0.2, 0.25) is 0 Å². The van der Waals surface area contributed by atoms with Crippen LogP contribution in [0.4, 0.5) is 19.3 Å². The van der Waals surface area contributed by atoms with Crippen molar-refractivity contribution in [3.63, 3.8) is 0 Å². The quantitative estimate of drug-likeness (QED) is 0.371. The number of anilines is 1. The molecule has 1 aliphatic rings. The number of allylic oxidation sites excluding steroid dienone is 1. The van der Waals surface area contributed by atoms with Crippen LogP contribution in [0.15, 0.2) is 77.0 Å². The third-order valence-corrected chi connectivity index (χ3v) is 5.98. The molecule has 0 spiro atoms. The van der Waals surface area contributed by atoms with Gasteiger partial charge < -0.3 is 14.6 Å². The van der Waals surface area contributed by atoms with Gasteiger partial charge in [0.05, 0.1) is 24.4 Å². The number of aryl methyl sites for hydroxylation is 1. The molecule has 0 saturated carbocycles. The standard InChI is InChI=1S/C27H22F2N4O3/c1-15-7-9-17(10-8-15)25-31-26(36-32-25)23-16(2)33(21-13-19(28)12-20(29)14-21)27(34)30-24(23)18-5-4-6-22(11-18)35-3/h4-14,24H,1-3H3,(H,30,34). The minimum atomic E-state index is -0.804. The van der Waals surface area contributed by atoms with Crippen LogP contribution in [0.25, 0.3) is 17.0 Å². The molecule has 4 aromatic rings. The Morgan fingerprint density at radius 1 is 1.00 bits per heavy atom. The summed E-state index contributed by atoms with van der Waals surface area (Å²) in [5, 5.41) is 7.04. The van der Waals surface area contributed by atoms with Crippen molar-refractivity contribution in [1.29, 1.82) is 0 Å². The molecule has 2 heterocycles. The summed E-state index contributed by atoms with van der Waals surface area (Å²) in [5.41, 5.74) is 3.45. The van der Waals surface area contributed by atoms with Gasteiger partial charge in [-0.05, 0) is 43.7 Å². The van der Waals surface area contributed by atoms with Crippen LogP contribution in [0.3, 0.4) is 0 Å². The Morgan fingerprint density at radius 3 is 2.42 bits per heavy atom. The topological polar surface area (TPSA) is 80.5 Å². The minimum Gasteiger partial charge on any atom is -0.497 e. The molecule has 5 rings (SSSR count). The summed E-state index contributed by atoms with van der Waals surface area (Å²) >= 11 is 0. The third kappa shape index (κ3) is 4.31. The number of hydrogen-bond donors (Lipinski definition) is 1. The summed E-state index contributed by atoms with van der Waals surface area (Å²) in [7, 11) is 1.55. The Hall–Kier alpha value is -4.53. The number of nitrogens with zero attached hydrogens (tertiary/aromatic N) is 3. The van der Waals surface area contributed by atoms with Gasteiger partial charge in [-0.3, -0.25) is 4.90 Å². The number of methoxy groups -OCH3 is 1. The van der Waals surface area contributed by atoms with Crippen LogP contribution in [-0.4, -0.2) is 23.3 Å². The zero-order valence-electron chi connectivity index (χ0n) is 19.8. The highest BCUT2D eigenvalue weighted by Gasteiger charge is 2.37. The number of rotatable bonds is 5. The van der Waals surface area contributed by atoms with Crippen LogP contribution in [-0.2, 0) is 0 Å². The maximum Gasteiger partial charge on any atom is 0.327 e. The molecular formula is C27H22F2N4O3. The maximum absolute atomic E-state index is 14.0. The van der Waals surface area contributed by atoms with Crippen molar-refractivity contribution in [2.45, 2.75) is 19.9 Å². The zero-order valence-corrected chi connectivity index (χ0v) is 19.8. The van der Waals surface area contributed by atoms with E-state index < -0.39 is 23.7 Å². The average molecular weight is 488 g/mol. The van der Waals surface area contributed by atoms with Gasteiger partial charge in [0.2, 0.25) is 5.82 Å². The van der Waals surface area contributed by atoms with E-state index in [4.69, 9.17) is 9.26 Å². The van der Waals surface area contributed by atoms with Gasteiger partial charge in [-0.15, -0.1) is 0 Å². The number of aromatic nitrogens is 2. The van der Waals surface area contributed by atoms with Crippen molar-refractivity contribution >= 4 is 17.3 Å². The largest absolute Gasteiger partial charge is 0.497 e. The van der Waals surface area contributed by atoms with E-state index in [1.54, 1.807) is 32.2 Å². The molecule has 0 saturated heterocycles. The van der Waals surface area contributed by atoms with E-state index in [0.29, 0.717) is 28.4 Å². The number of hydrogen-bond acceptors (Lipinski definition) is 5. The Balaban J connectivity index is 1.67. The van der Waals surface area contributed by atoms with Crippen LogP contribution < -0.4 is 15.0 Å². The molecule has 9 heteroatoms. The van der Waals surface area contributed by atoms with Gasteiger partial charge >= 0.3 is 6.03 Å². The summed E-state index contributed by atoms with van der Waals surface area (Å²) in [6.45, 7) is 3.65. The fourth-order valence-corrected chi connectivity index (χ4v) is 4.22. The zero-order chi connectivity index (χ0) is 25.4. The van der Waals surface area contributed by atoms with E-state index in [9.17, 15) is 13.6 Å². The van der Waals surface area contributed by atoms with Gasteiger partial charge in [0.1, 0.15) is 17.4 Å². The molecule has 0 fully saturated rings. The lowest BCUT2D eigenvalue weighted by Gasteiger charge is -2.35. The summed E-state index contributed by atoms with van der Waals surface area (Å²) < 4.78 is 39.1. The molecule has 36 heavy (non-hydrogen) atoms. The number of ether oxygens (including phenoxy) is 1. The first-order valence-electron chi connectivity index (χ1n) is 11.2. The number of benzene rings is 3. The molecule has 1 aromatic heterocycles. The summed E-state index contributed by atoms with van der Waals surface area (Å²) in [6.07, 6.45) is 0. The van der Waals surface area contributed by atoms with E-state index in [2.05, 4.69) is 15.5 Å². The van der Waals surface area contributed by atoms with Crippen molar-refractivity contribution in [2.24, 2.45) is 0 Å². The molecule has 1 unspecified atom stereocenters. The van der Waals surface area contributed by atoms with Crippen LogP contribution in [0.1, 0.15) is 30.0 Å². The fourth-order valence-electron chi connectivity index (χ4n) is 4.22. The van der Waals surface area contributed by atoms with E-state index in [1.807, 2.05) is 37.3 Å². The summed E-state index contributed by atoms with van der Waals surface area (Å²) in [5.74, 6) is -0.477. The molecular weight excluding hydrogens is 466 g/mol. The SMILES string of the molecule is COc1cccc(C2NC(=O)N(c3cc(F)cc(F)c3)C(C)=C2c2nc(-c3ccc(C)cc3)no2)c1. The maximum atomic E-state index is 14.0. The predicted octanol–water partition coefficient (Wildman–Crippen LogP) is 6.03. The lowest BCUT2D eigenvalue weighted by Crippen LogP contribution is -2.46. The molecule has 1 aliphatic heterocycles. The van der Waals surface area contributed by atoms with Crippen LogP contribution >= 0.6 is 0 Å². The second-order valence-corrected chi connectivity index (χ2v) is 8.41. The second-order valence-electron chi connectivity index (χ2n) is 8.41. The predicted molar refractivity (Wildman–Crippen MR) is 130 cm³/mol. The first kappa shape index (κ1) is 23.2. The normalized spacial score (nSPS) is 15.8.